The number of rotatable bonds is 9. The number of aliphatic carboxylic acids is 1. The summed E-state index contributed by atoms with van der Waals surface area (Å²) in [7, 11) is 0. The third-order valence-electron chi connectivity index (χ3n) is 4.31. The van der Waals surface area contributed by atoms with E-state index in [-0.39, 0.29) is 30.9 Å². The van der Waals surface area contributed by atoms with Crippen LogP contribution in [0.1, 0.15) is 54.4 Å². The predicted molar refractivity (Wildman–Crippen MR) is 124 cm³/mol. The Morgan fingerprint density at radius 1 is 1.21 bits per heavy atom. The van der Waals surface area contributed by atoms with Crippen LogP contribution in [0.15, 0.2) is 0 Å². The Labute approximate surface area is 201 Å². The fraction of sp³-hybridized carbons (Fsp3) is 0.773. The van der Waals surface area contributed by atoms with Gasteiger partial charge in [-0.3, -0.25) is 24.1 Å². The van der Waals surface area contributed by atoms with Crippen molar-refractivity contribution in [3.63, 3.8) is 0 Å². The lowest BCUT2D eigenvalue weighted by atomic mass is 10.1. The Morgan fingerprint density at radius 2 is 1.82 bits per heavy atom. The van der Waals surface area contributed by atoms with Gasteiger partial charge in [0.1, 0.15) is 18.2 Å². The van der Waals surface area contributed by atoms with Gasteiger partial charge < -0.3 is 30.5 Å². The van der Waals surface area contributed by atoms with E-state index in [1.807, 2.05) is 13.8 Å². The summed E-state index contributed by atoms with van der Waals surface area (Å²) in [5.41, 5.74) is 4.22. The Kier molecular flexibility index (Phi) is 13.8. The van der Waals surface area contributed by atoms with Gasteiger partial charge in [-0.05, 0) is 46.5 Å². The number of nitrogens with one attached hydrogen (secondary N) is 1. The first kappa shape index (κ1) is 31.1. The summed E-state index contributed by atoms with van der Waals surface area (Å²) >= 11 is 0. The average Bonchev–Trinajstić information content (AvgIpc) is 3.20. The smallest absolute Gasteiger partial charge is 0.410 e. The van der Waals surface area contributed by atoms with Crippen molar-refractivity contribution in [1.29, 1.82) is 0 Å². The van der Waals surface area contributed by atoms with E-state index in [0.717, 1.165) is 0 Å². The SMILES string of the molecule is CC(C)CN(CC(=O)NCC(=O)O)C(=O)[C@@H]1CCCN1C(=O)OC(C)(C)C.CCOC(=O)CN. The van der Waals surface area contributed by atoms with E-state index in [4.69, 9.17) is 15.6 Å². The molecule has 0 saturated carbocycles. The van der Waals surface area contributed by atoms with Crippen LogP contribution in [0.5, 0.6) is 0 Å². The number of carbonyl (C=O) groups is 5. The molecule has 3 amide bonds. The third kappa shape index (κ3) is 13.0. The fourth-order valence-electron chi connectivity index (χ4n) is 3.07. The summed E-state index contributed by atoms with van der Waals surface area (Å²) in [4.78, 5) is 60.9. The van der Waals surface area contributed by atoms with Crippen molar-refractivity contribution in [2.45, 2.75) is 66.0 Å². The molecule has 12 heteroatoms. The number of hydrogen-bond acceptors (Lipinski definition) is 8. The van der Waals surface area contributed by atoms with E-state index in [0.29, 0.717) is 32.5 Å². The molecule has 0 aromatic carbocycles. The molecule has 34 heavy (non-hydrogen) atoms. The van der Waals surface area contributed by atoms with Gasteiger partial charge >= 0.3 is 18.0 Å². The van der Waals surface area contributed by atoms with E-state index in [2.05, 4.69) is 10.1 Å². The Morgan fingerprint density at radius 3 is 2.26 bits per heavy atom. The molecule has 1 rings (SSSR count). The maximum absolute atomic E-state index is 13.0. The fourth-order valence-corrected chi connectivity index (χ4v) is 3.07. The number of hydrogen-bond donors (Lipinski definition) is 3. The van der Waals surface area contributed by atoms with Crippen LogP contribution in [0.25, 0.3) is 0 Å². The van der Waals surface area contributed by atoms with Crippen LogP contribution in [0, 0.1) is 5.92 Å². The average molecular weight is 489 g/mol. The van der Waals surface area contributed by atoms with Gasteiger partial charge in [0.05, 0.1) is 19.7 Å². The van der Waals surface area contributed by atoms with Gasteiger partial charge in [0, 0.05) is 13.1 Å². The van der Waals surface area contributed by atoms with Gasteiger partial charge in [-0.2, -0.15) is 0 Å². The van der Waals surface area contributed by atoms with Gasteiger partial charge in [0.25, 0.3) is 0 Å². The molecule has 1 saturated heterocycles. The number of nitrogens with zero attached hydrogens (tertiary/aromatic N) is 2. The minimum atomic E-state index is -1.16. The number of amides is 3. The number of likely N-dealkylation sites (tertiary alicyclic amines) is 1. The second-order valence-electron chi connectivity index (χ2n) is 9.12. The molecule has 1 aliphatic heterocycles. The van der Waals surface area contributed by atoms with Crippen LogP contribution in [0.4, 0.5) is 4.79 Å². The van der Waals surface area contributed by atoms with Crippen LogP contribution in [-0.4, -0.2) is 95.7 Å². The van der Waals surface area contributed by atoms with E-state index < -0.39 is 36.2 Å². The number of carbonyl (C=O) groups excluding carboxylic acids is 4. The van der Waals surface area contributed by atoms with E-state index in [1.54, 1.807) is 27.7 Å². The highest BCUT2D eigenvalue weighted by atomic mass is 16.6. The van der Waals surface area contributed by atoms with Crippen LogP contribution >= 0.6 is 0 Å². The Bertz CT molecular complexity index is 706. The van der Waals surface area contributed by atoms with Crippen LogP contribution in [0.3, 0.4) is 0 Å². The van der Waals surface area contributed by atoms with E-state index >= 15 is 0 Å². The van der Waals surface area contributed by atoms with Crippen molar-refractivity contribution in [3.05, 3.63) is 0 Å². The summed E-state index contributed by atoms with van der Waals surface area (Å²) in [6.07, 6.45) is 0.637. The highest BCUT2D eigenvalue weighted by Gasteiger charge is 2.39. The van der Waals surface area contributed by atoms with Gasteiger partial charge in [-0.1, -0.05) is 13.8 Å². The lowest BCUT2D eigenvalue weighted by molar-refractivity contribution is -0.142. The van der Waals surface area contributed by atoms with Crippen molar-refractivity contribution in [2.24, 2.45) is 11.7 Å². The summed E-state index contributed by atoms with van der Waals surface area (Å²) in [6.45, 7) is 11.2. The first-order chi connectivity index (χ1) is 15.7. The zero-order valence-corrected chi connectivity index (χ0v) is 21.1. The Balaban J connectivity index is 0.00000135. The van der Waals surface area contributed by atoms with Gasteiger partial charge in [-0.25, -0.2) is 4.79 Å². The molecular weight excluding hydrogens is 448 g/mol. The monoisotopic (exact) mass is 488 g/mol. The largest absolute Gasteiger partial charge is 0.480 e. The maximum atomic E-state index is 13.0. The van der Waals surface area contributed by atoms with E-state index in [9.17, 15) is 24.0 Å². The summed E-state index contributed by atoms with van der Waals surface area (Å²) in [6, 6.07) is -0.675. The molecule has 1 atom stereocenters. The molecule has 0 spiro atoms. The van der Waals surface area contributed by atoms with Crippen molar-refractivity contribution in [2.75, 3.05) is 39.3 Å². The lowest BCUT2D eigenvalue weighted by Gasteiger charge is -2.32. The van der Waals surface area contributed by atoms with Crippen molar-refractivity contribution < 1.29 is 38.6 Å². The highest BCUT2D eigenvalue weighted by Crippen LogP contribution is 2.23. The summed E-state index contributed by atoms with van der Waals surface area (Å²) in [5, 5.41) is 10.9. The highest BCUT2D eigenvalue weighted by molar-refractivity contribution is 5.90. The minimum Gasteiger partial charge on any atom is -0.480 e. The number of esters is 1. The zero-order chi connectivity index (χ0) is 26.5. The summed E-state index contributed by atoms with van der Waals surface area (Å²) < 4.78 is 9.81. The van der Waals surface area contributed by atoms with Crippen LogP contribution in [0.2, 0.25) is 0 Å². The van der Waals surface area contributed by atoms with Crippen LogP contribution in [-0.2, 0) is 28.7 Å². The van der Waals surface area contributed by atoms with Gasteiger partial charge in [-0.15, -0.1) is 0 Å². The number of ether oxygens (including phenoxy) is 2. The Hall–Kier alpha value is -2.89. The predicted octanol–water partition coefficient (Wildman–Crippen LogP) is 0.580. The second kappa shape index (κ2) is 15.1. The lowest BCUT2D eigenvalue weighted by Crippen LogP contribution is -2.52. The molecule has 12 nitrogen and oxygen atoms in total. The van der Waals surface area contributed by atoms with Crippen molar-refractivity contribution >= 4 is 29.8 Å². The molecular formula is C22H40N4O8. The normalized spacial score (nSPS) is 15.2. The second-order valence-corrected chi connectivity index (χ2v) is 9.12. The van der Waals surface area contributed by atoms with Crippen molar-refractivity contribution in [1.82, 2.24) is 15.1 Å². The molecule has 0 radical (unpaired) electrons. The standard InChI is InChI=1S/C18H31N3O6.C4H9NO2/c1-12(2)10-20(11-14(22)19-9-15(23)24)16(25)13-7-6-8-21(13)17(26)27-18(3,4)5;1-2-7-4(6)3-5/h12-13H,6-11H2,1-5H3,(H,19,22)(H,23,24);2-3,5H2,1H3/t13-;/m0./s1. The number of carboxylic acid groups (broad SMARTS) is 1. The molecule has 0 bridgehead atoms. The molecule has 4 N–H and O–H groups in total. The zero-order valence-electron chi connectivity index (χ0n) is 21.1. The van der Waals surface area contributed by atoms with Gasteiger partial charge in [0.15, 0.2) is 0 Å². The van der Waals surface area contributed by atoms with Crippen LogP contribution < -0.4 is 11.1 Å². The maximum Gasteiger partial charge on any atom is 0.410 e. The molecule has 1 heterocycles. The molecule has 1 aliphatic rings. The molecule has 0 unspecified atom stereocenters. The number of carboxylic acids is 1. The molecule has 0 aromatic rings. The van der Waals surface area contributed by atoms with Gasteiger partial charge in [0.2, 0.25) is 11.8 Å². The third-order valence-corrected chi connectivity index (χ3v) is 4.31. The quantitative estimate of drug-likeness (QED) is 0.393. The number of nitrogens with two attached hydrogens (primary N) is 1. The molecule has 1 fully saturated rings. The molecule has 0 aliphatic carbocycles. The van der Waals surface area contributed by atoms with E-state index in [1.165, 1.54) is 9.80 Å². The summed E-state index contributed by atoms with van der Waals surface area (Å²) in [5.74, 6) is -2.26. The molecule has 196 valence electrons. The molecule has 0 aromatic heterocycles. The topological polar surface area (TPSA) is 169 Å². The minimum absolute atomic E-state index is 0.0200. The first-order valence-corrected chi connectivity index (χ1v) is 11.3. The van der Waals surface area contributed by atoms with Crippen molar-refractivity contribution in [3.8, 4) is 0 Å². The first-order valence-electron chi connectivity index (χ1n) is 11.3.